The van der Waals surface area contributed by atoms with Gasteiger partial charge in [-0.3, -0.25) is 14.7 Å². The number of benzene rings is 1. The van der Waals surface area contributed by atoms with Gasteiger partial charge in [0.1, 0.15) is 24.1 Å². The minimum absolute atomic E-state index is 0.320. The highest BCUT2D eigenvalue weighted by Gasteiger charge is 2.18. The fraction of sp³-hybridized carbons (Fsp3) is 0.500. The lowest BCUT2D eigenvalue weighted by Gasteiger charge is -2.24. The molecule has 0 aromatic heterocycles. The van der Waals surface area contributed by atoms with E-state index < -0.39 is 12.0 Å². The van der Waals surface area contributed by atoms with E-state index in [-0.39, 0.29) is 0 Å². The smallest absolute Gasteiger partial charge is 0.326 e. The number of hydrogen-bond acceptors (Lipinski definition) is 7. The van der Waals surface area contributed by atoms with Crippen LogP contribution < -0.4 is 20.5 Å². The number of nitrogens with two attached hydrogens (primary N) is 1. The molecule has 0 saturated carbocycles. The van der Waals surface area contributed by atoms with Crippen molar-refractivity contribution >= 4 is 18.1 Å². The molecule has 1 unspecified atom stereocenters. The number of ether oxygens (including phenoxy) is 2. The van der Waals surface area contributed by atoms with Gasteiger partial charge in [0.2, 0.25) is 6.41 Å². The number of aliphatic imine (C=N–C) groups is 1. The SMILES string of the molecule is COc1ccc(OCCN(CCCCC2=NCCCC(=C\N)/C=C\2)CCC(NC=O)C(=O)O)cc1. The first kappa shape index (κ1) is 27.9. The van der Waals surface area contributed by atoms with Crippen molar-refractivity contribution in [2.24, 2.45) is 10.7 Å². The Balaban J connectivity index is 1.85. The number of carbonyl (C=O) groups is 2. The summed E-state index contributed by atoms with van der Waals surface area (Å²) in [4.78, 5) is 29.0. The van der Waals surface area contributed by atoms with Crippen LogP contribution in [-0.4, -0.2) is 74.0 Å². The van der Waals surface area contributed by atoms with E-state index in [0.717, 1.165) is 68.0 Å². The second kappa shape index (κ2) is 16.3. The molecule has 1 aromatic carbocycles. The van der Waals surface area contributed by atoms with Crippen LogP contribution in [-0.2, 0) is 9.59 Å². The van der Waals surface area contributed by atoms with E-state index in [1.807, 2.05) is 30.3 Å². The first-order chi connectivity index (χ1) is 17.0. The molecule has 1 aromatic rings. The number of carboxylic acid groups (broad SMARTS) is 1. The van der Waals surface area contributed by atoms with Crippen LogP contribution in [0.4, 0.5) is 0 Å². The first-order valence-electron chi connectivity index (χ1n) is 12.1. The lowest BCUT2D eigenvalue weighted by atomic mass is 10.1. The van der Waals surface area contributed by atoms with Gasteiger partial charge in [-0.05, 0) is 87.2 Å². The molecule has 0 aliphatic carbocycles. The van der Waals surface area contributed by atoms with Gasteiger partial charge in [0.15, 0.2) is 0 Å². The molecule has 1 atom stereocenters. The molecule has 192 valence electrons. The average molecular weight is 487 g/mol. The number of carboxylic acids is 1. The summed E-state index contributed by atoms with van der Waals surface area (Å²) in [6.45, 7) is 3.26. The summed E-state index contributed by atoms with van der Waals surface area (Å²) in [5, 5.41) is 11.7. The van der Waals surface area contributed by atoms with Crippen molar-refractivity contribution in [1.82, 2.24) is 10.2 Å². The maximum absolute atomic E-state index is 11.4. The van der Waals surface area contributed by atoms with Crippen LogP contribution in [0.25, 0.3) is 0 Å². The number of hydrogen-bond donors (Lipinski definition) is 3. The largest absolute Gasteiger partial charge is 0.497 e. The molecular weight excluding hydrogens is 448 g/mol. The Morgan fingerprint density at radius 2 is 1.97 bits per heavy atom. The molecule has 0 radical (unpaired) electrons. The van der Waals surface area contributed by atoms with Crippen LogP contribution in [0.5, 0.6) is 11.5 Å². The van der Waals surface area contributed by atoms with E-state index in [1.54, 1.807) is 13.3 Å². The molecule has 9 nitrogen and oxygen atoms in total. The minimum atomic E-state index is -1.04. The highest BCUT2D eigenvalue weighted by molar-refractivity contribution is 5.95. The number of nitrogens with zero attached hydrogens (tertiary/aromatic N) is 2. The molecule has 0 bridgehead atoms. The van der Waals surface area contributed by atoms with E-state index >= 15 is 0 Å². The summed E-state index contributed by atoms with van der Waals surface area (Å²) in [5.74, 6) is 0.476. The Morgan fingerprint density at radius 3 is 2.66 bits per heavy atom. The standard InChI is InChI=1S/C26H38N4O5/c1-34-23-9-11-24(12-10-23)35-18-17-30(16-13-25(26(32)33)29-20-31)15-3-2-6-22-8-7-21(19-27)5-4-14-28-22/h7-12,19-20,25H,2-6,13-18,27H2,1H3,(H,29,31)(H,32,33)/b8-7-,21-19+,28-22?. The van der Waals surface area contributed by atoms with Gasteiger partial charge in [0.25, 0.3) is 0 Å². The third kappa shape index (κ3) is 11.1. The van der Waals surface area contributed by atoms with Crippen LogP contribution >= 0.6 is 0 Å². The van der Waals surface area contributed by atoms with E-state index in [2.05, 4.69) is 21.3 Å². The number of rotatable bonds is 16. The van der Waals surface area contributed by atoms with Crippen LogP contribution in [0.1, 0.15) is 38.5 Å². The Bertz CT molecular complexity index is 867. The second-order valence-corrected chi connectivity index (χ2v) is 8.34. The van der Waals surface area contributed by atoms with E-state index in [0.29, 0.717) is 32.5 Å². The summed E-state index contributed by atoms with van der Waals surface area (Å²) in [6.07, 6.45) is 11.3. The molecule has 35 heavy (non-hydrogen) atoms. The van der Waals surface area contributed by atoms with Crippen molar-refractivity contribution in [2.45, 2.75) is 44.6 Å². The van der Waals surface area contributed by atoms with Gasteiger partial charge in [-0.25, -0.2) is 4.79 Å². The number of nitrogens with one attached hydrogen (secondary N) is 1. The lowest BCUT2D eigenvalue weighted by Crippen LogP contribution is -2.40. The normalized spacial score (nSPS) is 16.6. The Hall–Kier alpha value is -3.33. The molecular formula is C26H38N4O5. The van der Waals surface area contributed by atoms with Gasteiger partial charge >= 0.3 is 5.97 Å². The van der Waals surface area contributed by atoms with Crippen LogP contribution in [0.2, 0.25) is 0 Å². The van der Waals surface area contributed by atoms with Crippen LogP contribution in [0, 0.1) is 0 Å². The lowest BCUT2D eigenvalue weighted by molar-refractivity contribution is -0.140. The quantitative estimate of drug-likeness (QED) is 0.242. The maximum atomic E-state index is 11.4. The van der Waals surface area contributed by atoms with Gasteiger partial charge < -0.3 is 25.6 Å². The molecule has 0 spiro atoms. The van der Waals surface area contributed by atoms with Gasteiger partial charge in [-0.1, -0.05) is 6.08 Å². The van der Waals surface area contributed by atoms with Crippen LogP contribution in [0.15, 0.2) is 53.2 Å². The summed E-state index contributed by atoms with van der Waals surface area (Å²) in [5.41, 5.74) is 7.89. The zero-order valence-electron chi connectivity index (χ0n) is 20.5. The highest BCUT2D eigenvalue weighted by atomic mass is 16.5. The predicted molar refractivity (Wildman–Crippen MR) is 137 cm³/mol. The number of methoxy groups -OCH3 is 1. The number of amides is 1. The van der Waals surface area contributed by atoms with Crippen LogP contribution in [0.3, 0.4) is 0 Å². The number of unbranched alkanes of at least 4 members (excludes halogenated alkanes) is 1. The molecule has 1 aliphatic heterocycles. The van der Waals surface area contributed by atoms with Crippen molar-refractivity contribution in [3.05, 3.63) is 48.2 Å². The monoisotopic (exact) mass is 486 g/mol. The third-order valence-corrected chi connectivity index (χ3v) is 5.84. The topological polar surface area (TPSA) is 126 Å². The number of allylic oxidation sites excluding steroid dienone is 3. The predicted octanol–water partition coefficient (Wildman–Crippen LogP) is 2.77. The van der Waals surface area contributed by atoms with E-state index in [4.69, 9.17) is 15.2 Å². The van der Waals surface area contributed by atoms with Crippen molar-refractivity contribution in [3.8, 4) is 11.5 Å². The van der Waals surface area contributed by atoms with Crippen molar-refractivity contribution in [3.63, 3.8) is 0 Å². The van der Waals surface area contributed by atoms with Gasteiger partial charge in [0, 0.05) is 25.3 Å². The Morgan fingerprint density at radius 1 is 1.20 bits per heavy atom. The van der Waals surface area contributed by atoms with Gasteiger partial charge in [-0.15, -0.1) is 0 Å². The molecule has 1 amide bonds. The molecule has 4 N–H and O–H groups in total. The molecule has 0 saturated heterocycles. The first-order valence-corrected chi connectivity index (χ1v) is 12.1. The molecule has 1 heterocycles. The van der Waals surface area contributed by atoms with E-state index in [9.17, 15) is 14.7 Å². The molecule has 2 rings (SSSR count). The Labute approximate surface area is 207 Å². The maximum Gasteiger partial charge on any atom is 0.326 e. The zero-order valence-corrected chi connectivity index (χ0v) is 20.5. The second-order valence-electron chi connectivity index (χ2n) is 8.34. The highest BCUT2D eigenvalue weighted by Crippen LogP contribution is 2.17. The molecule has 0 fully saturated rings. The Kier molecular flexibility index (Phi) is 13.0. The number of carbonyl (C=O) groups excluding carboxylic acids is 1. The van der Waals surface area contributed by atoms with Crippen molar-refractivity contribution < 1.29 is 24.2 Å². The summed E-state index contributed by atoms with van der Waals surface area (Å²) in [6, 6.07) is 6.48. The zero-order chi connectivity index (χ0) is 25.3. The summed E-state index contributed by atoms with van der Waals surface area (Å²) < 4.78 is 11.0. The van der Waals surface area contributed by atoms with E-state index in [1.165, 1.54) is 0 Å². The fourth-order valence-electron chi connectivity index (χ4n) is 3.76. The molecule has 1 aliphatic rings. The minimum Gasteiger partial charge on any atom is -0.497 e. The molecule has 9 heteroatoms. The third-order valence-electron chi connectivity index (χ3n) is 5.84. The average Bonchev–Trinajstić information content (AvgIpc) is 2.85. The number of aliphatic carboxylic acids is 1. The summed E-state index contributed by atoms with van der Waals surface area (Å²) >= 11 is 0. The van der Waals surface area contributed by atoms with Gasteiger partial charge in [0.05, 0.1) is 7.11 Å². The van der Waals surface area contributed by atoms with Gasteiger partial charge in [-0.2, -0.15) is 0 Å². The summed E-state index contributed by atoms with van der Waals surface area (Å²) in [7, 11) is 1.62. The van der Waals surface area contributed by atoms with Crippen molar-refractivity contribution in [2.75, 3.05) is 39.9 Å². The fourth-order valence-corrected chi connectivity index (χ4v) is 3.76. The van der Waals surface area contributed by atoms with Crippen molar-refractivity contribution in [1.29, 1.82) is 0 Å².